The Morgan fingerprint density at radius 2 is 2.05 bits per heavy atom. The minimum atomic E-state index is -0.823. The van der Waals surface area contributed by atoms with Gasteiger partial charge in [-0.1, -0.05) is 20.3 Å². The zero-order chi connectivity index (χ0) is 26.1. The van der Waals surface area contributed by atoms with Crippen molar-refractivity contribution in [2.75, 3.05) is 5.32 Å². The van der Waals surface area contributed by atoms with E-state index in [4.69, 9.17) is 4.98 Å². The molecule has 2 aliphatic carbocycles. The number of hydrogen-bond acceptors (Lipinski definition) is 7. The molecule has 4 atom stereocenters. The molecule has 2 N–H and O–H groups in total. The number of nitrogens with zero attached hydrogens (tertiary/aromatic N) is 7. The van der Waals surface area contributed by atoms with Crippen LogP contribution in [-0.2, 0) is 17.4 Å². The Morgan fingerprint density at radius 3 is 2.81 bits per heavy atom. The van der Waals surface area contributed by atoms with Gasteiger partial charge in [0.05, 0.1) is 29.0 Å². The zero-order valence-electron chi connectivity index (χ0n) is 21.6. The average molecular weight is 505 g/mol. The van der Waals surface area contributed by atoms with Gasteiger partial charge in [0, 0.05) is 7.05 Å². The maximum absolute atomic E-state index is 13.8. The van der Waals surface area contributed by atoms with Gasteiger partial charge in [0.1, 0.15) is 11.8 Å². The van der Waals surface area contributed by atoms with Gasteiger partial charge in [-0.25, -0.2) is 19.3 Å². The van der Waals surface area contributed by atoms with Crippen LogP contribution < -0.4 is 11.0 Å². The highest BCUT2D eigenvalue weighted by Crippen LogP contribution is 2.58. The van der Waals surface area contributed by atoms with E-state index >= 15 is 0 Å². The van der Waals surface area contributed by atoms with E-state index in [2.05, 4.69) is 34.2 Å². The number of rotatable bonds is 5. The van der Waals surface area contributed by atoms with Crippen LogP contribution in [0.1, 0.15) is 57.9 Å². The summed E-state index contributed by atoms with van der Waals surface area (Å²) >= 11 is 0. The number of nitrogens with one attached hydrogen (secondary N) is 1. The van der Waals surface area contributed by atoms with Crippen molar-refractivity contribution < 1.29 is 9.90 Å². The summed E-state index contributed by atoms with van der Waals surface area (Å²) in [6.45, 7) is 6.19. The zero-order valence-corrected chi connectivity index (χ0v) is 21.6. The van der Waals surface area contributed by atoms with Crippen LogP contribution >= 0.6 is 0 Å². The Hall–Kier alpha value is -3.76. The highest BCUT2D eigenvalue weighted by molar-refractivity contribution is 5.76. The van der Waals surface area contributed by atoms with Crippen LogP contribution in [0.15, 0.2) is 29.6 Å². The summed E-state index contributed by atoms with van der Waals surface area (Å²) in [7, 11) is 1.73. The molecule has 0 aromatic carbocycles. The van der Waals surface area contributed by atoms with Gasteiger partial charge in [-0.3, -0.25) is 13.9 Å². The van der Waals surface area contributed by atoms with E-state index in [9.17, 15) is 14.7 Å². The number of fused-ring (bicyclic) bond motifs is 4. The summed E-state index contributed by atoms with van der Waals surface area (Å²) in [5.74, 6) is 0.0325. The first kappa shape index (κ1) is 23.6. The van der Waals surface area contributed by atoms with E-state index < -0.39 is 16.9 Å². The van der Waals surface area contributed by atoms with E-state index in [1.165, 1.54) is 6.33 Å². The highest BCUT2D eigenvalue weighted by Gasteiger charge is 2.58. The summed E-state index contributed by atoms with van der Waals surface area (Å²) in [6, 6.07) is 1.92. The van der Waals surface area contributed by atoms with Gasteiger partial charge >= 0.3 is 11.7 Å². The second kappa shape index (κ2) is 8.12. The molecule has 0 saturated heterocycles. The monoisotopic (exact) mass is 504 g/mol. The summed E-state index contributed by atoms with van der Waals surface area (Å²) in [6.07, 6.45) is 9.17. The third-order valence-corrected chi connectivity index (χ3v) is 8.66. The van der Waals surface area contributed by atoms with E-state index in [1.54, 1.807) is 26.9 Å². The molecule has 2 aliphatic rings. The lowest BCUT2D eigenvalue weighted by molar-refractivity contribution is -0.163. The Morgan fingerprint density at radius 1 is 1.24 bits per heavy atom. The minimum absolute atomic E-state index is 0.174. The number of carboxylic acids is 1. The van der Waals surface area contributed by atoms with Crippen molar-refractivity contribution in [3.05, 3.63) is 40.8 Å². The second-order valence-corrected chi connectivity index (χ2v) is 11.3. The minimum Gasteiger partial charge on any atom is -0.481 e. The molecule has 4 aromatic heterocycles. The topological polar surface area (TPSA) is 132 Å². The molecule has 37 heavy (non-hydrogen) atoms. The van der Waals surface area contributed by atoms with Gasteiger partial charge in [0.15, 0.2) is 11.3 Å². The van der Waals surface area contributed by atoms with Crippen molar-refractivity contribution in [2.45, 2.75) is 64.8 Å². The molecule has 0 amide bonds. The molecule has 2 saturated carbocycles. The molecule has 0 radical (unpaired) electrons. The Bertz CT molecular complexity index is 1600. The number of pyridine rings is 1. The molecule has 194 valence electrons. The van der Waals surface area contributed by atoms with Crippen molar-refractivity contribution in [1.82, 2.24) is 33.7 Å². The fourth-order valence-electron chi connectivity index (χ4n) is 7.24. The van der Waals surface area contributed by atoms with Crippen molar-refractivity contribution >= 4 is 34.4 Å². The van der Waals surface area contributed by atoms with E-state index in [-0.39, 0.29) is 17.5 Å². The lowest BCUT2D eigenvalue weighted by Crippen LogP contribution is -2.57. The van der Waals surface area contributed by atoms with Crippen molar-refractivity contribution in [3.63, 3.8) is 0 Å². The van der Waals surface area contributed by atoms with E-state index in [0.717, 1.165) is 36.2 Å². The molecule has 11 nitrogen and oxygen atoms in total. The van der Waals surface area contributed by atoms with Crippen LogP contribution in [0.4, 0.5) is 11.6 Å². The van der Waals surface area contributed by atoms with Gasteiger partial charge in [-0.15, -0.1) is 0 Å². The number of anilines is 2. The van der Waals surface area contributed by atoms with Gasteiger partial charge in [0.2, 0.25) is 5.95 Å². The molecular formula is C26H32N8O3. The normalized spacial score (nSPS) is 27.6. The third-order valence-electron chi connectivity index (χ3n) is 8.66. The van der Waals surface area contributed by atoms with Crippen LogP contribution in [-0.4, -0.2) is 44.8 Å². The number of aliphatic carboxylic acids is 1. The molecule has 2 fully saturated rings. The van der Waals surface area contributed by atoms with Crippen molar-refractivity contribution in [1.29, 1.82) is 0 Å². The SMILES string of the molecule is CCC1CC2(C(=O)O)CC(C)CC(n3c(=O)n(C)c4cnc(Nc5cn6ncnc6cc5C)nc43)(C1)C2. The van der Waals surface area contributed by atoms with Crippen LogP contribution in [0, 0.1) is 24.2 Å². The molecule has 4 aromatic rings. The first-order valence-corrected chi connectivity index (χ1v) is 12.9. The maximum atomic E-state index is 13.8. The number of hydrogen-bond donors (Lipinski definition) is 2. The molecule has 11 heteroatoms. The summed E-state index contributed by atoms with van der Waals surface area (Å²) in [5.41, 5.74) is 2.04. The first-order valence-electron chi connectivity index (χ1n) is 12.9. The van der Waals surface area contributed by atoms with E-state index in [1.807, 2.05) is 19.2 Å². The van der Waals surface area contributed by atoms with Crippen molar-refractivity contribution in [2.24, 2.45) is 24.3 Å². The second-order valence-electron chi connectivity index (χ2n) is 11.3. The number of imidazole rings is 1. The smallest absolute Gasteiger partial charge is 0.330 e. The van der Waals surface area contributed by atoms with Crippen molar-refractivity contribution in [3.8, 4) is 0 Å². The van der Waals surface area contributed by atoms with Crippen LogP contribution in [0.25, 0.3) is 16.8 Å². The van der Waals surface area contributed by atoms with Crippen LogP contribution in [0.2, 0.25) is 0 Å². The Kier molecular flexibility index (Phi) is 5.19. The maximum Gasteiger partial charge on any atom is 0.330 e. The fraction of sp³-hybridized carbons (Fsp3) is 0.538. The standard InChI is InChI=1S/C26H32N8O3/c1-5-17-9-25(22(35)36)7-15(2)8-26(10-17,13-25)34-21-19(32(4)24(34)37)11-27-23(31-21)30-18-12-33-20(6-16(18)3)28-14-29-33/h6,11-12,14-15,17H,5,7-10,13H2,1-4H3,(H,35,36)(H,27,30,31). The number of aryl methyl sites for hydroxylation is 2. The summed E-state index contributed by atoms with van der Waals surface area (Å²) in [4.78, 5) is 40.0. The molecule has 0 aliphatic heterocycles. The predicted octanol–water partition coefficient (Wildman–Crippen LogP) is 3.63. The van der Waals surface area contributed by atoms with Crippen LogP contribution in [0.5, 0.6) is 0 Å². The molecule has 2 bridgehead atoms. The molecule has 4 unspecified atom stereocenters. The quantitative estimate of drug-likeness (QED) is 0.421. The number of carbonyl (C=O) groups is 1. The van der Waals surface area contributed by atoms with E-state index in [0.29, 0.717) is 36.4 Å². The lowest BCUT2D eigenvalue weighted by Gasteiger charge is -2.55. The lowest BCUT2D eigenvalue weighted by atomic mass is 9.53. The fourth-order valence-corrected chi connectivity index (χ4v) is 7.24. The number of aromatic nitrogens is 7. The Labute approximate surface area is 213 Å². The molecular weight excluding hydrogens is 472 g/mol. The average Bonchev–Trinajstić information content (AvgIpc) is 3.39. The third kappa shape index (κ3) is 3.54. The molecule has 0 spiro atoms. The van der Waals surface area contributed by atoms with Gasteiger partial charge < -0.3 is 10.4 Å². The molecule has 4 heterocycles. The van der Waals surface area contributed by atoms with Gasteiger partial charge in [-0.05, 0) is 62.5 Å². The first-order chi connectivity index (χ1) is 17.6. The summed E-state index contributed by atoms with van der Waals surface area (Å²) in [5, 5.41) is 17.9. The van der Waals surface area contributed by atoms with Gasteiger partial charge in [0.25, 0.3) is 0 Å². The molecule has 6 rings (SSSR count). The highest BCUT2D eigenvalue weighted by atomic mass is 16.4. The number of carboxylic acid groups (broad SMARTS) is 1. The summed E-state index contributed by atoms with van der Waals surface area (Å²) < 4.78 is 5.06. The predicted molar refractivity (Wildman–Crippen MR) is 138 cm³/mol. The van der Waals surface area contributed by atoms with Gasteiger partial charge in [-0.2, -0.15) is 10.1 Å². The van der Waals surface area contributed by atoms with Crippen LogP contribution in [0.3, 0.4) is 0 Å². The Balaban J connectivity index is 1.50. The largest absolute Gasteiger partial charge is 0.481 e.